The van der Waals surface area contributed by atoms with Crippen molar-refractivity contribution in [2.24, 2.45) is 17.6 Å². The van der Waals surface area contributed by atoms with Crippen LogP contribution >= 0.6 is 0 Å². The lowest BCUT2D eigenvalue weighted by atomic mass is 9.93. The summed E-state index contributed by atoms with van der Waals surface area (Å²) in [5.41, 5.74) is 5.54. The highest BCUT2D eigenvalue weighted by Gasteiger charge is 2.25. The van der Waals surface area contributed by atoms with Gasteiger partial charge >= 0.3 is 0 Å². The first-order valence-corrected chi connectivity index (χ1v) is 7.17. The summed E-state index contributed by atoms with van der Waals surface area (Å²) in [6.07, 6.45) is 6.38. The van der Waals surface area contributed by atoms with Gasteiger partial charge in [0, 0.05) is 19.0 Å². The molecule has 0 spiro atoms. The molecule has 1 rings (SSSR count). The third kappa shape index (κ3) is 4.66. The molecule has 1 atom stereocenters. The lowest BCUT2D eigenvalue weighted by molar-refractivity contribution is -0.137. The predicted octanol–water partition coefficient (Wildman–Crippen LogP) is 2.40. The normalized spacial score (nSPS) is 19.4. The molecule has 1 fully saturated rings. The molecule has 1 saturated heterocycles. The fourth-order valence-corrected chi connectivity index (χ4v) is 2.59. The molecule has 1 unspecified atom stereocenters. The smallest absolute Gasteiger partial charge is 0.225 e. The molecule has 3 heteroatoms. The van der Waals surface area contributed by atoms with Crippen LogP contribution in [-0.4, -0.2) is 30.4 Å². The van der Waals surface area contributed by atoms with Crippen LogP contribution in [0.15, 0.2) is 0 Å². The first-order chi connectivity index (χ1) is 8.19. The maximum absolute atomic E-state index is 12.4. The van der Waals surface area contributed by atoms with Crippen molar-refractivity contribution >= 4 is 5.91 Å². The quantitative estimate of drug-likeness (QED) is 0.775. The molecule has 1 amide bonds. The standard InChI is InChI=1S/C14H28N2O/c1-3-5-13(6-4-9-15)14(17)16-10-7-12(2)8-11-16/h12-13H,3-11,15H2,1-2H3. The average molecular weight is 240 g/mol. The zero-order valence-electron chi connectivity index (χ0n) is 11.5. The number of nitrogens with zero attached hydrogens (tertiary/aromatic N) is 1. The number of likely N-dealkylation sites (tertiary alicyclic amines) is 1. The Morgan fingerprint density at radius 2 is 2.00 bits per heavy atom. The maximum Gasteiger partial charge on any atom is 0.225 e. The van der Waals surface area contributed by atoms with Gasteiger partial charge in [-0.25, -0.2) is 0 Å². The van der Waals surface area contributed by atoms with Crippen molar-refractivity contribution in [3.05, 3.63) is 0 Å². The number of nitrogens with two attached hydrogens (primary N) is 1. The van der Waals surface area contributed by atoms with E-state index in [9.17, 15) is 4.79 Å². The second-order valence-electron chi connectivity index (χ2n) is 5.42. The van der Waals surface area contributed by atoms with E-state index in [0.717, 1.165) is 44.7 Å². The molecule has 0 bridgehead atoms. The summed E-state index contributed by atoms with van der Waals surface area (Å²) >= 11 is 0. The summed E-state index contributed by atoms with van der Waals surface area (Å²) in [5.74, 6) is 1.39. The van der Waals surface area contributed by atoms with E-state index in [4.69, 9.17) is 5.73 Å². The van der Waals surface area contributed by atoms with Gasteiger partial charge in [0.1, 0.15) is 0 Å². The Morgan fingerprint density at radius 3 is 2.53 bits per heavy atom. The highest BCUT2D eigenvalue weighted by Crippen LogP contribution is 2.22. The minimum atomic E-state index is 0.219. The maximum atomic E-state index is 12.4. The van der Waals surface area contributed by atoms with Crippen molar-refractivity contribution in [3.63, 3.8) is 0 Å². The number of carbonyl (C=O) groups is 1. The topological polar surface area (TPSA) is 46.3 Å². The van der Waals surface area contributed by atoms with E-state index in [0.29, 0.717) is 12.5 Å². The molecule has 0 aliphatic carbocycles. The van der Waals surface area contributed by atoms with Crippen molar-refractivity contribution in [3.8, 4) is 0 Å². The SMILES string of the molecule is CCCC(CCCN)C(=O)N1CCC(C)CC1. The Bertz CT molecular complexity index is 222. The van der Waals surface area contributed by atoms with E-state index < -0.39 is 0 Å². The number of hydrogen-bond acceptors (Lipinski definition) is 2. The lowest BCUT2D eigenvalue weighted by Crippen LogP contribution is -2.41. The number of piperidine rings is 1. The van der Waals surface area contributed by atoms with Crippen LogP contribution in [-0.2, 0) is 4.79 Å². The van der Waals surface area contributed by atoms with Gasteiger partial charge < -0.3 is 10.6 Å². The van der Waals surface area contributed by atoms with Gasteiger partial charge in [0.2, 0.25) is 5.91 Å². The molecule has 17 heavy (non-hydrogen) atoms. The summed E-state index contributed by atoms with van der Waals surface area (Å²) in [6, 6.07) is 0. The zero-order chi connectivity index (χ0) is 12.7. The van der Waals surface area contributed by atoms with Crippen LogP contribution < -0.4 is 5.73 Å². The van der Waals surface area contributed by atoms with E-state index in [2.05, 4.69) is 18.7 Å². The Labute approximate surface area is 106 Å². The second-order valence-corrected chi connectivity index (χ2v) is 5.42. The second kappa shape index (κ2) is 7.70. The molecular formula is C14H28N2O. The van der Waals surface area contributed by atoms with Crippen molar-refractivity contribution in [1.29, 1.82) is 0 Å². The summed E-state index contributed by atoms with van der Waals surface area (Å²) in [4.78, 5) is 14.5. The Morgan fingerprint density at radius 1 is 1.35 bits per heavy atom. The largest absolute Gasteiger partial charge is 0.342 e. The third-order valence-electron chi connectivity index (χ3n) is 3.84. The van der Waals surface area contributed by atoms with E-state index in [1.807, 2.05) is 0 Å². The molecule has 1 aliphatic heterocycles. The van der Waals surface area contributed by atoms with Crippen molar-refractivity contribution in [2.45, 2.75) is 52.4 Å². The van der Waals surface area contributed by atoms with Gasteiger partial charge in [-0.1, -0.05) is 20.3 Å². The van der Waals surface area contributed by atoms with Gasteiger partial charge in [-0.2, -0.15) is 0 Å². The molecule has 1 aliphatic rings. The van der Waals surface area contributed by atoms with Crippen LogP contribution in [0.4, 0.5) is 0 Å². The van der Waals surface area contributed by atoms with E-state index >= 15 is 0 Å². The molecule has 0 radical (unpaired) electrons. The molecule has 2 N–H and O–H groups in total. The van der Waals surface area contributed by atoms with Gasteiger partial charge in [-0.15, -0.1) is 0 Å². The van der Waals surface area contributed by atoms with Crippen LogP contribution in [0, 0.1) is 11.8 Å². The van der Waals surface area contributed by atoms with Gasteiger partial charge in [-0.05, 0) is 44.6 Å². The number of hydrogen-bond donors (Lipinski definition) is 1. The summed E-state index contributed by atoms with van der Waals surface area (Å²) in [7, 11) is 0. The minimum absolute atomic E-state index is 0.219. The molecular weight excluding hydrogens is 212 g/mol. The van der Waals surface area contributed by atoms with Crippen LogP contribution in [0.3, 0.4) is 0 Å². The summed E-state index contributed by atoms with van der Waals surface area (Å²) in [5, 5.41) is 0. The first-order valence-electron chi connectivity index (χ1n) is 7.17. The van der Waals surface area contributed by atoms with E-state index in [-0.39, 0.29) is 5.92 Å². The monoisotopic (exact) mass is 240 g/mol. The molecule has 100 valence electrons. The fraction of sp³-hybridized carbons (Fsp3) is 0.929. The van der Waals surface area contributed by atoms with Crippen molar-refractivity contribution < 1.29 is 4.79 Å². The van der Waals surface area contributed by atoms with Crippen molar-refractivity contribution in [2.75, 3.05) is 19.6 Å². The highest BCUT2D eigenvalue weighted by molar-refractivity contribution is 5.78. The van der Waals surface area contributed by atoms with E-state index in [1.165, 1.54) is 12.8 Å². The van der Waals surface area contributed by atoms with Crippen molar-refractivity contribution in [1.82, 2.24) is 4.90 Å². The summed E-state index contributed by atoms with van der Waals surface area (Å²) < 4.78 is 0. The van der Waals surface area contributed by atoms with Crippen LogP contribution in [0.5, 0.6) is 0 Å². The summed E-state index contributed by atoms with van der Waals surface area (Å²) in [6.45, 7) is 7.05. The Hall–Kier alpha value is -0.570. The zero-order valence-corrected chi connectivity index (χ0v) is 11.5. The van der Waals surface area contributed by atoms with Gasteiger partial charge in [-0.3, -0.25) is 4.79 Å². The molecule has 3 nitrogen and oxygen atoms in total. The number of amides is 1. The third-order valence-corrected chi connectivity index (χ3v) is 3.84. The number of carbonyl (C=O) groups excluding carboxylic acids is 1. The molecule has 0 aromatic heterocycles. The minimum Gasteiger partial charge on any atom is -0.342 e. The van der Waals surface area contributed by atoms with Crippen LogP contribution in [0.1, 0.15) is 52.4 Å². The van der Waals surface area contributed by atoms with Crippen LogP contribution in [0.2, 0.25) is 0 Å². The fourth-order valence-electron chi connectivity index (χ4n) is 2.59. The average Bonchev–Trinajstić information content (AvgIpc) is 2.34. The van der Waals surface area contributed by atoms with Gasteiger partial charge in [0.15, 0.2) is 0 Å². The first kappa shape index (κ1) is 14.5. The lowest BCUT2D eigenvalue weighted by Gasteiger charge is -2.33. The Kier molecular flexibility index (Phi) is 6.56. The molecule has 0 aromatic rings. The van der Waals surface area contributed by atoms with Crippen LogP contribution in [0.25, 0.3) is 0 Å². The van der Waals surface area contributed by atoms with E-state index in [1.54, 1.807) is 0 Å². The molecule has 0 aromatic carbocycles. The highest BCUT2D eigenvalue weighted by atomic mass is 16.2. The van der Waals surface area contributed by atoms with Gasteiger partial charge in [0.05, 0.1) is 0 Å². The predicted molar refractivity (Wildman–Crippen MR) is 71.7 cm³/mol. The Balaban J connectivity index is 2.45. The molecule has 0 saturated carbocycles. The van der Waals surface area contributed by atoms with Gasteiger partial charge in [0.25, 0.3) is 0 Å². The molecule has 1 heterocycles. The number of rotatable bonds is 6.